The van der Waals surface area contributed by atoms with Gasteiger partial charge < -0.3 is 10.1 Å². The van der Waals surface area contributed by atoms with E-state index in [-0.39, 0.29) is 0 Å². The number of rotatable bonds is 3. The van der Waals surface area contributed by atoms with E-state index in [2.05, 4.69) is 5.32 Å². The summed E-state index contributed by atoms with van der Waals surface area (Å²) in [5.74, 6) is 0.963. The Hall–Kier alpha value is -0.0800. The van der Waals surface area contributed by atoms with Crippen molar-refractivity contribution in [1.29, 1.82) is 0 Å². The van der Waals surface area contributed by atoms with E-state index in [0.29, 0.717) is 5.41 Å². The number of hydrogen-bond acceptors (Lipinski definition) is 2. The largest absolute Gasteiger partial charge is 0.381 e. The van der Waals surface area contributed by atoms with Gasteiger partial charge in [0.2, 0.25) is 0 Å². The molecule has 12 heavy (non-hydrogen) atoms. The summed E-state index contributed by atoms with van der Waals surface area (Å²) in [5, 5.41) is 3.22. The first-order valence-corrected chi connectivity index (χ1v) is 5.10. The summed E-state index contributed by atoms with van der Waals surface area (Å²) >= 11 is 0. The minimum absolute atomic E-state index is 0.634. The first kappa shape index (κ1) is 8.52. The van der Waals surface area contributed by atoms with E-state index < -0.39 is 0 Å². The molecule has 70 valence electrons. The van der Waals surface area contributed by atoms with Crippen LogP contribution >= 0.6 is 0 Å². The Morgan fingerprint density at radius 2 is 2.50 bits per heavy atom. The van der Waals surface area contributed by atoms with E-state index in [1.807, 2.05) is 7.05 Å². The third-order valence-corrected chi connectivity index (χ3v) is 3.45. The molecule has 1 aliphatic heterocycles. The first-order chi connectivity index (χ1) is 5.87. The molecule has 1 saturated carbocycles. The Bertz CT molecular complexity index is 150. The average molecular weight is 169 g/mol. The molecule has 0 aromatic carbocycles. The Morgan fingerprint density at radius 1 is 1.58 bits per heavy atom. The fraction of sp³-hybridized carbons (Fsp3) is 1.00. The molecular weight excluding hydrogens is 150 g/mol. The normalized spacial score (nSPS) is 40.2. The number of nitrogens with one attached hydrogen (secondary N) is 1. The molecule has 0 aromatic rings. The molecule has 2 nitrogen and oxygen atoms in total. The highest BCUT2D eigenvalue weighted by molar-refractivity contribution is 5.03. The molecule has 0 amide bonds. The lowest BCUT2D eigenvalue weighted by atomic mass is 9.95. The monoisotopic (exact) mass is 169 g/mol. The van der Waals surface area contributed by atoms with Crippen LogP contribution in [0.4, 0.5) is 0 Å². The molecule has 1 spiro atoms. The van der Waals surface area contributed by atoms with E-state index in [1.54, 1.807) is 0 Å². The Balaban J connectivity index is 1.75. The minimum Gasteiger partial charge on any atom is -0.381 e. The van der Waals surface area contributed by atoms with Crippen molar-refractivity contribution in [1.82, 2.24) is 5.32 Å². The van der Waals surface area contributed by atoms with Crippen LogP contribution in [0, 0.1) is 11.3 Å². The van der Waals surface area contributed by atoms with Crippen LogP contribution in [-0.2, 0) is 4.74 Å². The quantitative estimate of drug-likeness (QED) is 0.689. The predicted octanol–water partition coefficient (Wildman–Crippen LogP) is 1.41. The summed E-state index contributed by atoms with van der Waals surface area (Å²) in [6.45, 7) is 3.22. The summed E-state index contributed by atoms with van der Waals surface area (Å²) in [5.41, 5.74) is 0.634. The maximum absolute atomic E-state index is 5.54. The molecule has 0 bridgehead atoms. The Kier molecular flexibility index (Phi) is 2.37. The summed E-state index contributed by atoms with van der Waals surface area (Å²) in [6, 6.07) is 0. The van der Waals surface area contributed by atoms with Crippen LogP contribution in [0.1, 0.15) is 25.7 Å². The summed E-state index contributed by atoms with van der Waals surface area (Å²) in [6.07, 6.45) is 5.48. The molecule has 2 atom stereocenters. The van der Waals surface area contributed by atoms with Crippen molar-refractivity contribution in [2.75, 3.05) is 26.8 Å². The minimum atomic E-state index is 0.634. The standard InChI is InChI=1S/C10H19NO/c1-11-5-3-9-7-10(9)4-2-6-12-8-10/h9,11H,2-8H2,1H3. The van der Waals surface area contributed by atoms with Gasteiger partial charge in [0, 0.05) is 6.61 Å². The molecule has 1 N–H and O–H groups in total. The molecule has 2 unspecified atom stereocenters. The predicted molar refractivity (Wildman–Crippen MR) is 49.1 cm³/mol. The first-order valence-electron chi connectivity index (χ1n) is 5.10. The van der Waals surface area contributed by atoms with E-state index >= 15 is 0 Å². The zero-order valence-corrected chi connectivity index (χ0v) is 7.94. The Morgan fingerprint density at radius 3 is 3.17 bits per heavy atom. The third kappa shape index (κ3) is 1.50. The Labute approximate surface area is 74.7 Å². The highest BCUT2D eigenvalue weighted by Gasteiger charge is 2.53. The number of ether oxygens (including phenoxy) is 1. The van der Waals surface area contributed by atoms with Crippen LogP contribution in [0.15, 0.2) is 0 Å². The van der Waals surface area contributed by atoms with Gasteiger partial charge in [0.05, 0.1) is 6.61 Å². The lowest BCUT2D eigenvalue weighted by molar-refractivity contribution is 0.0357. The SMILES string of the molecule is CNCCC1CC12CCCOC2. The molecule has 2 aliphatic rings. The van der Waals surface area contributed by atoms with E-state index in [9.17, 15) is 0 Å². The molecular formula is C10H19NO. The maximum atomic E-state index is 5.54. The fourth-order valence-corrected chi connectivity index (χ4v) is 2.52. The average Bonchev–Trinajstić information content (AvgIpc) is 2.77. The smallest absolute Gasteiger partial charge is 0.0525 e. The molecule has 2 rings (SSSR count). The third-order valence-electron chi connectivity index (χ3n) is 3.45. The molecule has 2 heteroatoms. The van der Waals surface area contributed by atoms with Crippen LogP contribution in [-0.4, -0.2) is 26.8 Å². The van der Waals surface area contributed by atoms with Gasteiger partial charge in [-0.15, -0.1) is 0 Å². The van der Waals surface area contributed by atoms with Crippen molar-refractivity contribution < 1.29 is 4.74 Å². The molecule has 0 radical (unpaired) electrons. The van der Waals surface area contributed by atoms with Crippen molar-refractivity contribution in [3.05, 3.63) is 0 Å². The molecule has 1 saturated heterocycles. The summed E-state index contributed by atoms with van der Waals surface area (Å²) in [4.78, 5) is 0. The van der Waals surface area contributed by atoms with Crippen LogP contribution in [0.3, 0.4) is 0 Å². The number of hydrogen-bond donors (Lipinski definition) is 1. The van der Waals surface area contributed by atoms with Gasteiger partial charge in [-0.3, -0.25) is 0 Å². The zero-order valence-electron chi connectivity index (χ0n) is 7.94. The van der Waals surface area contributed by atoms with E-state index in [1.165, 1.54) is 32.2 Å². The van der Waals surface area contributed by atoms with Crippen molar-refractivity contribution >= 4 is 0 Å². The summed E-state index contributed by atoms with van der Waals surface area (Å²) in [7, 11) is 2.03. The second kappa shape index (κ2) is 3.35. The van der Waals surface area contributed by atoms with Gasteiger partial charge in [-0.2, -0.15) is 0 Å². The molecule has 1 heterocycles. The van der Waals surface area contributed by atoms with Crippen LogP contribution < -0.4 is 5.32 Å². The van der Waals surface area contributed by atoms with Crippen LogP contribution in [0.2, 0.25) is 0 Å². The lowest BCUT2D eigenvalue weighted by Crippen LogP contribution is -2.21. The van der Waals surface area contributed by atoms with Gasteiger partial charge in [-0.1, -0.05) is 0 Å². The second-order valence-corrected chi connectivity index (χ2v) is 4.31. The second-order valence-electron chi connectivity index (χ2n) is 4.31. The molecule has 0 aromatic heterocycles. The molecule has 2 fully saturated rings. The molecule has 1 aliphatic carbocycles. The van der Waals surface area contributed by atoms with E-state index in [0.717, 1.165) is 19.1 Å². The van der Waals surface area contributed by atoms with Gasteiger partial charge in [0.1, 0.15) is 0 Å². The fourth-order valence-electron chi connectivity index (χ4n) is 2.52. The van der Waals surface area contributed by atoms with Crippen LogP contribution in [0.5, 0.6) is 0 Å². The van der Waals surface area contributed by atoms with Crippen molar-refractivity contribution in [2.24, 2.45) is 11.3 Å². The van der Waals surface area contributed by atoms with Gasteiger partial charge >= 0.3 is 0 Å². The van der Waals surface area contributed by atoms with Crippen molar-refractivity contribution in [2.45, 2.75) is 25.7 Å². The topological polar surface area (TPSA) is 21.3 Å². The van der Waals surface area contributed by atoms with Crippen molar-refractivity contribution in [3.63, 3.8) is 0 Å². The van der Waals surface area contributed by atoms with Crippen molar-refractivity contribution in [3.8, 4) is 0 Å². The lowest BCUT2D eigenvalue weighted by Gasteiger charge is -2.22. The zero-order chi connectivity index (χ0) is 8.44. The van der Waals surface area contributed by atoms with Crippen LogP contribution in [0.25, 0.3) is 0 Å². The highest BCUT2D eigenvalue weighted by Crippen LogP contribution is 2.58. The van der Waals surface area contributed by atoms with E-state index in [4.69, 9.17) is 4.74 Å². The van der Waals surface area contributed by atoms with Gasteiger partial charge in [-0.05, 0) is 50.6 Å². The highest BCUT2D eigenvalue weighted by atomic mass is 16.5. The summed E-state index contributed by atoms with van der Waals surface area (Å²) < 4.78 is 5.54. The van der Waals surface area contributed by atoms with Gasteiger partial charge in [0.25, 0.3) is 0 Å². The van der Waals surface area contributed by atoms with Gasteiger partial charge in [0.15, 0.2) is 0 Å². The maximum Gasteiger partial charge on any atom is 0.0525 e. The van der Waals surface area contributed by atoms with Gasteiger partial charge in [-0.25, -0.2) is 0 Å².